The summed E-state index contributed by atoms with van der Waals surface area (Å²) in [6, 6.07) is 17.8. The zero-order valence-corrected chi connectivity index (χ0v) is 17.4. The van der Waals surface area contributed by atoms with Gasteiger partial charge in [-0.1, -0.05) is 59.6 Å². The maximum absolute atomic E-state index is 6.29. The van der Waals surface area contributed by atoms with Gasteiger partial charge >= 0.3 is 0 Å². The minimum Gasteiger partial charge on any atom is -0.275 e. The molecule has 0 saturated heterocycles. The number of pyridine rings is 2. The molecule has 1 unspecified atom stereocenters. The molecule has 142 valence electrons. The van der Waals surface area contributed by atoms with Gasteiger partial charge in [-0.2, -0.15) is 0 Å². The standard InChI is InChI=1S/C20H17Cl2N5S/c1-25(13-27-20(28)26-12-15(21)11-16(22)19(26)24-27)18(14-7-3-2-4-8-14)17-9-5-6-10-23-17/h2-12,18H,13H2,1H3. The van der Waals surface area contributed by atoms with E-state index < -0.39 is 0 Å². The van der Waals surface area contributed by atoms with Crippen molar-refractivity contribution >= 4 is 41.1 Å². The molecule has 28 heavy (non-hydrogen) atoms. The van der Waals surface area contributed by atoms with Gasteiger partial charge in [-0.3, -0.25) is 14.3 Å². The highest BCUT2D eigenvalue weighted by atomic mass is 35.5. The van der Waals surface area contributed by atoms with Crippen molar-refractivity contribution in [3.63, 3.8) is 0 Å². The van der Waals surface area contributed by atoms with Crippen molar-refractivity contribution in [2.45, 2.75) is 12.7 Å². The SMILES string of the molecule is CN(Cn1nc2c(Cl)cc(Cl)cn2c1=S)C(c1ccccc1)c1ccccn1. The Hall–Kier alpha value is -2.25. The molecule has 0 N–H and O–H groups in total. The molecule has 4 aromatic rings. The average Bonchev–Trinajstić information content (AvgIpc) is 3.00. The number of fused-ring (bicyclic) bond motifs is 1. The van der Waals surface area contributed by atoms with Crippen LogP contribution in [0.4, 0.5) is 0 Å². The van der Waals surface area contributed by atoms with Crippen molar-refractivity contribution < 1.29 is 0 Å². The molecule has 1 atom stereocenters. The molecular weight excluding hydrogens is 413 g/mol. The van der Waals surface area contributed by atoms with Crippen LogP contribution in [0.25, 0.3) is 5.65 Å². The van der Waals surface area contributed by atoms with E-state index in [1.165, 1.54) is 0 Å². The van der Waals surface area contributed by atoms with Crippen LogP contribution in [0, 0.1) is 4.77 Å². The summed E-state index contributed by atoms with van der Waals surface area (Å²) in [6.07, 6.45) is 3.53. The van der Waals surface area contributed by atoms with Crippen molar-refractivity contribution in [2.24, 2.45) is 0 Å². The molecule has 0 aliphatic rings. The van der Waals surface area contributed by atoms with Crippen LogP contribution < -0.4 is 0 Å². The largest absolute Gasteiger partial charge is 0.275 e. The topological polar surface area (TPSA) is 38.4 Å². The maximum atomic E-state index is 6.29. The Morgan fingerprint density at radius 2 is 1.86 bits per heavy atom. The van der Waals surface area contributed by atoms with Gasteiger partial charge < -0.3 is 0 Å². The van der Waals surface area contributed by atoms with E-state index in [4.69, 9.17) is 35.4 Å². The summed E-state index contributed by atoms with van der Waals surface area (Å²) in [5.74, 6) is 0. The Labute approximate surface area is 177 Å². The fourth-order valence-corrected chi connectivity index (χ4v) is 4.00. The lowest BCUT2D eigenvalue weighted by Gasteiger charge is -2.27. The Balaban J connectivity index is 1.74. The number of halogens is 2. The lowest BCUT2D eigenvalue weighted by atomic mass is 10.0. The first-order valence-electron chi connectivity index (χ1n) is 8.65. The van der Waals surface area contributed by atoms with E-state index in [2.05, 4.69) is 27.1 Å². The molecule has 5 nitrogen and oxygen atoms in total. The molecule has 0 amide bonds. The van der Waals surface area contributed by atoms with Crippen LogP contribution in [0.1, 0.15) is 17.3 Å². The van der Waals surface area contributed by atoms with Crippen molar-refractivity contribution in [3.05, 3.63) is 93.1 Å². The molecule has 1 aromatic carbocycles. The molecule has 0 aliphatic carbocycles. The lowest BCUT2D eigenvalue weighted by Crippen LogP contribution is -2.29. The summed E-state index contributed by atoms with van der Waals surface area (Å²) in [5.41, 5.74) is 2.67. The monoisotopic (exact) mass is 429 g/mol. The predicted molar refractivity (Wildman–Crippen MR) is 114 cm³/mol. The fraction of sp³-hybridized carbons (Fsp3) is 0.150. The second-order valence-electron chi connectivity index (χ2n) is 6.45. The van der Waals surface area contributed by atoms with Crippen molar-refractivity contribution in [3.8, 4) is 0 Å². The summed E-state index contributed by atoms with van der Waals surface area (Å²) in [4.78, 5) is 6.72. The second-order valence-corrected chi connectivity index (χ2v) is 7.66. The summed E-state index contributed by atoms with van der Waals surface area (Å²) in [7, 11) is 2.02. The van der Waals surface area contributed by atoms with Crippen molar-refractivity contribution in [2.75, 3.05) is 7.05 Å². The minimum atomic E-state index is -0.0480. The molecule has 0 bridgehead atoms. The third-order valence-corrected chi connectivity index (χ3v) is 5.37. The summed E-state index contributed by atoms with van der Waals surface area (Å²) in [5, 5.41) is 5.56. The number of hydrogen-bond acceptors (Lipinski definition) is 4. The summed E-state index contributed by atoms with van der Waals surface area (Å²) in [6.45, 7) is 0.463. The number of hydrogen-bond donors (Lipinski definition) is 0. The summed E-state index contributed by atoms with van der Waals surface area (Å²) >= 11 is 18.0. The van der Waals surface area contributed by atoms with Gasteiger partial charge in [-0.25, -0.2) is 4.68 Å². The third-order valence-electron chi connectivity index (χ3n) is 4.48. The quantitative estimate of drug-likeness (QED) is 0.406. The highest BCUT2D eigenvalue weighted by Crippen LogP contribution is 2.27. The van der Waals surface area contributed by atoms with Crippen molar-refractivity contribution in [1.82, 2.24) is 24.1 Å². The Kier molecular flexibility index (Phi) is 5.46. The minimum absolute atomic E-state index is 0.0480. The predicted octanol–water partition coefficient (Wildman–Crippen LogP) is 5.25. The van der Waals surface area contributed by atoms with E-state index in [-0.39, 0.29) is 6.04 Å². The van der Waals surface area contributed by atoms with Crippen LogP contribution in [-0.2, 0) is 6.67 Å². The first-order chi connectivity index (χ1) is 13.5. The van der Waals surface area contributed by atoms with E-state index in [0.29, 0.717) is 27.1 Å². The highest BCUT2D eigenvalue weighted by Gasteiger charge is 2.21. The normalized spacial score (nSPS) is 12.6. The number of rotatable bonds is 5. The second kappa shape index (κ2) is 8.01. The molecule has 0 radical (unpaired) electrons. The number of aromatic nitrogens is 4. The van der Waals surface area contributed by atoms with Crippen LogP contribution in [-0.4, -0.2) is 31.1 Å². The third kappa shape index (κ3) is 3.69. The maximum Gasteiger partial charge on any atom is 0.203 e. The fourth-order valence-electron chi connectivity index (χ4n) is 3.25. The smallest absolute Gasteiger partial charge is 0.203 e. The van der Waals surface area contributed by atoms with Crippen LogP contribution >= 0.6 is 35.4 Å². The number of benzene rings is 1. The van der Waals surface area contributed by atoms with Crippen LogP contribution in [0.5, 0.6) is 0 Å². The van der Waals surface area contributed by atoms with E-state index in [1.54, 1.807) is 27.5 Å². The lowest BCUT2D eigenvalue weighted by molar-refractivity contribution is 0.205. The van der Waals surface area contributed by atoms with E-state index >= 15 is 0 Å². The first kappa shape index (κ1) is 19.1. The zero-order valence-electron chi connectivity index (χ0n) is 15.0. The van der Waals surface area contributed by atoms with Gasteiger partial charge in [0.1, 0.15) is 0 Å². The molecule has 3 heterocycles. The first-order valence-corrected chi connectivity index (χ1v) is 9.81. The van der Waals surface area contributed by atoms with Crippen LogP contribution in [0.3, 0.4) is 0 Å². The zero-order chi connectivity index (χ0) is 19.7. The molecule has 0 saturated carbocycles. The molecule has 0 spiro atoms. The van der Waals surface area contributed by atoms with Gasteiger partial charge in [-0.05, 0) is 43.0 Å². The average molecular weight is 430 g/mol. The Morgan fingerprint density at radius 3 is 2.57 bits per heavy atom. The van der Waals surface area contributed by atoms with E-state index in [9.17, 15) is 0 Å². The molecule has 0 fully saturated rings. The number of nitrogens with zero attached hydrogens (tertiary/aromatic N) is 5. The van der Waals surface area contributed by atoms with Crippen LogP contribution in [0.15, 0.2) is 67.0 Å². The molecule has 0 aliphatic heterocycles. The molecule has 8 heteroatoms. The van der Waals surface area contributed by atoms with Gasteiger partial charge in [0.2, 0.25) is 4.77 Å². The van der Waals surface area contributed by atoms with Gasteiger partial charge in [0.15, 0.2) is 5.65 Å². The Bertz CT molecular complexity index is 1120. The molecule has 3 aromatic heterocycles. The summed E-state index contributed by atoms with van der Waals surface area (Å²) < 4.78 is 4.00. The molecular formula is C20H17Cl2N5S. The van der Waals surface area contributed by atoms with Crippen molar-refractivity contribution in [1.29, 1.82) is 0 Å². The van der Waals surface area contributed by atoms with E-state index in [0.717, 1.165) is 11.3 Å². The van der Waals surface area contributed by atoms with Crippen LogP contribution in [0.2, 0.25) is 10.0 Å². The van der Waals surface area contributed by atoms with E-state index in [1.807, 2.05) is 43.4 Å². The van der Waals surface area contributed by atoms with Gasteiger partial charge in [0.05, 0.1) is 28.4 Å². The van der Waals surface area contributed by atoms with Gasteiger partial charge in [-0.15, -0.1) is 5.10 Å². The molecule has 4 rings (SSSR count). The highest BCUT2D eigenvalue weighted by molar-refractivity contribution is 7.71. The van der Waals surface area contributed by atoms with Gasteiger partial charge in [0, 0.05) is 12.4 Å². The van der Waals surface area contributed by atoms with Gasteiger partial charge in [0.25, 0.3) is 0 Å². The Morgan fingerprint density at radius 1 is 1.11 bits per heavy atom.